The van der Waals surface area contributed by atoms with Crippen LogP contribution < -0.4 is 25.8 Å². The Morgan fingerprint density at radius 1 is 1.12 bits per heavy atom. The number of hydrogen-bond donors (Lipinski definition) is 2. The maximum atomic E-state index is 16.7. The second-order valence-corrected chi connectivity index (χ2v) is 12.4. The van der Waals surface area contributed by atoms with E-state index in [9.17, 15) is 22.0 Å². The van der Waals surface area contributed by atoms with Crippen molar-refractivity contribution in [1.29, 1.82) is 0 Å². The molecule has 254 valence electrons. The number of aromatic nitrogens is 5. The van der Waals surface area contributed by atoms with E-state index in [-0.39, 0.29) is 67.5 Å². The van der Waals surface area contributed by atoms with Crippen LogP contribution in [0.4, 0.5) is 43.8 Å². The minimum Gasteiger partial charge on any atom is -0.475 e. The van der Waals surface area contributed by atoms with E-state index in [1.54, 1.807) is 11.8 Å². The van der Waals surface area contributed by atoms with Gasteiger partial charge in [0.25, 0.3) is 0 Å². The van der Waals surface area contributed by atoms with Crippen LogP contribution in [-0.4, -0.2) is 74.4 Å². The van der Waals surface area contributed by atoms with E-state index in [4.69, 9.17) is 20.9 Å². The summed E-state index contributed by atoms with van der Waals surface area (Å²) in [6.45, 7) is 3.79. The van der Waals surface area contributed by atoms with Crippen LogP contribution in [0.1, 0.15) is 49.0 Å². The van der Waals surface area contributed by atoms with Gasteiger partial charge < -0.3 is 25.8 Å². The molecule has 0 aromatic carbocycles. The van der Waals surface area contributed by atoms with Crippen LogP contribution in [0, 0.1) is 18.6 Å². The molecule has 4 aromatic heterocycles. The Labute approximate surface area is 270 Å². The molecule has 0 amide bonds. The van der Waals surface area contributed by atoms with Crippen molar-refractivity contribution in [3.63, 3.8) is 0 Å². The van der Waals surface area contributed by atoms with Crippen molar-refractivity contribution < 1.29 is 35.8 Å². The smallest absolute Gasteiger partial charge is 0.418 e. The number of nitrogen functional groups attached to an aromatic ring is 2. The normalized spacial score (nSPS) is 21.7. The molecule has 48 heavy (non-hydrogen) atoms. The average molecular weight is 676 g/mol. The van der Waals surface area contributed by atoms with Crippen LogP contribution in [0.2, 0.25) is 0 Å². The minimum atomic E-state index is -4.93. The topological polar surface area (TPSA) is 141 Å². The molecule has 0 unspecified atom stereocenters. The fourth-order valence-corrected chi connectivity index (χ4v) is 7.24. The van der Waals surface area contributed by atoms with Crippen molar-refractivity contribution in [2.75, 3.05) is 49.2 Å². The van der Waals surface area contributed by atoms with E-state index in [1.165, 1.54) is 6.07 Å². The quantitative estimate of drug-likeness (QED) is 0.262. The molecule has 0 bridgehead atoms. The van der Waals surface area contributed by atoms with Gasteiger partial charge in [-0.2, -0.15) is 23.1 Å². The van der Waals surface area contributed by atoms with E-state index in [2.05, 4.69) is 24.9 Å². The van der Waals surface area contributed by atoms with Crippen LogP contribution in [-0.2, 0) is 6.18 Å². The first-order chi connectivity index (χ1) is 22.8. The predicted octanol–water partition coefficient (Wildman–Crippen LogP) is 5.17. The third-order valence-corrected chi connectivity index (χ3v) is 9.38. The van der Waals surface area contributed by atoms with Gasteiger partial charge in [0, 0.05) is 24.1 Å². The van der Waals surface area contributed by atoms with Crippen LogP contribution in [0.25, 0.3) is 22.2 Å². The summed E-state index contributed by atoms with van der Waals surface area (Å²) in [6.07, 6.45) is -3.24. The Hall–Kier alpha value is -4.67. The Morgan fingerprint density at radius 2 is 1.92 bits per heavy atom. The van der Waals surface area contributed by atoms with Crippen LogP contribution in [0.3, 0.4) is 0 Å². The highest BCUT2D eigenvalue weighted by Crippen LogP contribution is 2.46. The zero-order valence-corrected chi connectivity index (χ0v) is 25.9. The second kappa shape index (κ2) is 11.5. The van der Waals surface area contributed by atoms with E-state index < -0.39 is 63.6 Å². The number of alkyl halides is 4. The van der Waals surface area contributed by atoms with Crippen LogP contribution in [0.15, 0.2) is 18.3 Å². The Morgan fingerprint density at radius 3 is 2.69 bits per heavy atom. The van der Waals surface area contributed by atoms with Crippen molar-refractivity contribution in [2.24, 2.45) is 0 Å². The number of nitrogens with zero attached hydrogens (tertiary/aromatic N) is 7. The number of fused-ring (bicyclic) bond motifs is 1. The van der Waals surface area contributed by atoms with Crippen molar-refractivity contribution in [1.82, 2.24) is 29.8 Å². The van der Waals surface area contributed by atoms with Gasteiger partial charge in [0.15, 0.2) is 5.82 Å². The average Bonchev–Trinajstić information content (AvgIpc) is 3.47. The predicted molar refractivity (Wildman–Crippen MR) is 163 cm³/mol. The summed E-state index contributed by atoms with van der Waals surface area (Å²) in [5, 5.41) is -0.0477. The summed E-state index contributed by atoms with van der Waals surface area (Å²) < 4.78 is 101. The third kappa shape index (κ3) is 5.33. The summed E-state index contributed by atoms with van der Waals surface area (Å²) in [5.74, 6) is -2.26. The monoisotopic (exact) mass is 675 g/mol. The summed E-state index contributed by atoms with van der Waals surface area (Å²) in [5.41, 5.74) is 8.14. The highest BCUT2D eigenvalue weighted by Gasteiger charge is 2.49. The highest BCUT2D eigenvalue weighted by atomic mass is 19.4. The molecule has 4 aromatic rings. The molecule has 2 saturated heterocycles. The first-order valence-electron chi connectivity index (χ1n) is 15.3. The molecule has 3 aliphatic heterocycles. The molecule has 7 rings (SSSR count). The first-order valence-corrected chi connectivity index (χ1v) is 15.3. The molecule has 0 saturated carbocycles. The number of pyridine rings is 3. The second-order valence-electron chi connectivity index (χ2n) is 12.4. The fourth-order valence-electron chi connectivity index (χ4n) is 7.24. The number of anilines is 3. The fraction of sp³-hybridized carbons (Fsp3) is 0.452. The van der Waals surface area contributed by atoms with Crippen molar-refractivity contribution in [3.05, 3.63) is 46.8 Å². The Balaban J connectivity index is 1.43. The molecular formula is C31H31F6N9O2. The zero-order valence-electron chi connectivity index (χ0n) is 25.9. The van der Waals surface area contributed by atoms with Crippen LogP contribution in [0.5, 0.6) is 11.9 Å². The van der Waals surface area contributed by atoms with Gasteiger partial charge in [-0.3, -0.25) is 4.90 Å². The number of halogens is 6. The van der Waals surface area contributed by atoms with Gasteiger partial charge in [-0.15, -0.1) is 0 Å². The zero-order chi connectivity index (χ0) is 34.1. The molecule has 3 atom stereocenters. The van der Waals surface area contributed by atoms with E-state index in [0.29, 0.717) is 18.5 Å². The standard InChI is InChI=1S/C31H31F6N9O2/c1-14-22(31(35,36)37)19(9-20(38)41-14)24-23(34)25-21-27(44-29(43-25)48-13-30-4-3-5-45(30)12-17(33)10-30)46(6-7-47-28(21)42-24)15(2)18-8-16(32)11-40-26(18)39/h8-9,11,15,17H,3-7,10,12-13H2,1-2H3,(H2,38,41)(H2,39,40)/t15-,17-,30+/m1/s1. The van der Waals surface area contributed by atoms with Gasteiger partial charge >= 0.3 is 12.2 Å². The molecule has 17 heteroatoms. The highest BCUT2D eigenvalue weighted by molar-refractivity contribution is 5.97. The molecule has 0 spiro atoms. The Kier molecular flexibility index (Phi) is 7.64. The van der Waals surface area contributed by atoms with E-state index in [0.717, 1.165) is 25.6 Å². The van der Waals surface area contributed by atoms with Gasteiger partial charge in [0.05, 0.1) is 35.6 Å². The summed E-state index contributed by atoms with van der Waals surface area (Å²) in [7, 11) is 0. The SMILES string of the molecule is Cc1nc(N)cc(-c2nc3c4c(nc(OC[C@@]56CCCN5C[C@H](F)C6)nc4c2F)N([C@H](C)c2cc(F)cnc2N)CCO3)c1C(F)(F)F. The Bertz CT molecular complexity index is 1930. The first kappa shape index (κ1) is 31.9. The molecule has 7 heterocycles. The molecule has 3 aliphatic rings. The molecule has 2 fully saturated rings. The van der Waals surface area contributed by atoms with Gasteiger partial charge in [-0.05, 0) is 45.4 Å². The lowest BCUT2D eigenvalue weighted by atomic mass is 9.95. The van der Waals surface area contributed by atoms with E-state index >= 15 is 4.39 Å². The summed E-state index contributed by atoms with van der Waals surface area (Å²) >= 11 is 0. The number of ether oxygens (including phenoxy) is 2. The third-order valence-electron chi connectivity index (χ3n) is 9.38. The number of nitrogens with two attached hydrogens (primary N) is 2. The van der Waals surface area contributed by atoms with E-state index in [1.807, 2.05) is 4.90 Å². The van der Waals surface area contributed by atoms with Crippen LogP contribution >= 0.6 is 0 Å². The lowest BCUT2D eigenvalue weighted by Gasteiger charge is -2.32. The molecular weight excluding hydrogens is 644 g/mol. The van der Waals surface area contributed by atoms with Crippen molar-refractivity contribution in [2.45, 2.75) is 57.0 Å². The number of rotatable bonds is 6. The molecule has 0 radical (unpaired) electrons. The molecule has 4 N–H and O–H groups in total. The lowest BCUT2D eigenvalue weighted by Crippen LogP contribution is -2.43. The minimum absolute atomic E-state index is 0.00406. The van der Waals surface area contributed by atoms with Gasteiger partial charge in [-0.25, -0.2) is 28.1 Å². The molecule has 0 aliphatic carbocycles. The van der Waals surface area contributed by atoms with Crippen molar-refractivity contribution in [3.8, 4) is 23.1 Å². The number of hydrogen-bond acceptors (Lipinski definition) is 11. The lowest BCUT2D eigenvalue weighted by molar-refractivity contribution is -0.137. The summed E-state index contributed by atoms with van der Waals surface area (Å²) in [4.78, 5) is 24.5. The van der Waals surface area contributed by atoms with Crippen molar-refractivity contribution >= 4 is 28.4 Å². The number of aryl methyl sites for hydroxylation is 1. The summed E-state index contributed by atoms with van der Waals surface area (Å²) in [6, 6.07) is 1.11. The van der Waals surface area contributed by atoms with Gasteiger partial charge in [0.2, 0.25) is 5.88 Å². The maximum absolute atomic E-state index is 16.7. The molecule has 11 nitrogen and oxygen atoms in total. The largest absolute Gasteiger partial charge is 0.475 e. The van der Waals surface area contributed by atoms with Gasteiger partial charge in [-0.1, -0.05) is 0 Å². The maximum Gasteiger partial charge on any atom is 0.418 e. The van der Waals surface area contributed by atoms with Gasteiger partial charge in [0.1, 0.15) is 59.3 Å².